The molecule has 39 heavy (non-hydrogen) atoms. The van der Waals surface area contributed by atoms with E-state index in [4.69, 9.17) is 10.6 Å². The summed E-state index contributed by atoms with van der Waals surface area (Å²) >= 11 is 0. The zero-order chi connectivity index (χ0) is 25.6. The van der Waals surface area contributed by atoms with Crippen LogP contribution in [-0.4, -0.2) is 0 Å². The van der Waals surface area contributed by atoms with Crippen LogP contribution in [0.2, 0.25) is 0 Å². The molecule has 1 radical (unpaired) electrons. The third-order valence-electron chi connectivity index (χ3n) is 7.26. The average molecular weight is 554 g/mol. The van der Waals surface area contributed by atoms with Gasteiger partial charge < -0.3 is 10.6 Å². The largest absolute Gasteiger partial charge is 2.00 e. The molecule has 0 saturated heterocycles. The minimum atomic E-state index is -0.104. The van der Waals surface area contributed by atoms with Crippen LogP contribution in [0.1, 0.15) is 34.3 Å². The van der Waals surface area contributed by atoms with Crippen LogP contribution in [0.15, 0.2) is 146 Å². The molecule has 0 spiro atoms. The quantitative estimate of drug-likeness (QED) is 0.159. The van der Waals surface area contributed by atoms with Crippen molar-refractivity contribution in [1.29, 1.82) is 0 Å². The van der Waals surface area contributed by atoms with Crippen LogP contribution in [0.4, 0.5) is 0 Å². The van der Waals surface area contributed by atoms with Crippen molar-refractivity contribution in [3.8, 4) is 0 Å². The molecule has 2 atom stereocenters. The molecular weight excluding hydrogens is 524 g/mol. The van der Waals surface area contributed by atoms with E-state index in [0.29, 0.717) is 13.1 Å². The van der Waals surface area contributed by atoms with Gasteiger partial charge in [0.15, 0.2) is 0 Å². The third kappa shape index (κ3) is 6.14. The zero-order valence-electron chi connectivity index (χ0n) is 21.6. The second-order valence-electron chi connectivity index (χ2n) is 9.67. The van der Waals surface area contributed by atoms with Gasteiger partial charge in [-0.25, -0.2) is 0 Å². The number of benzene rings is 6. The average Bonchev–Trinajstić information content (AvgIpc) is 2.99. The normalized spacial score (nSPS) is 12.6. The van der Waals surface area contributed by atoms with E-state index < -0.39 is 0 Å². The first-order valence-electron chi connectivity index (χ1n) is 13.2. The van der Waals surface area contributed by atoms with Gasteiger partial charge >= 0.3 is 17.1 Å². The van der Waals surface area contributed by atoms with Crippen molar-refractivity contribution in [2.24, 2.45) is 0 Å². The van der Waals surface area contributed by atoms with Crippen LogP contribution < -0.4 is 0 Å². The Hall–Kier alpha value is -3.72. The second-order valence-corrected chi connectivity index (χ2v) is 9.67. The van der Waals surface area contributed by atoms with Gasteiger partial charge in [-0.15, -0.1) is 25.2 Å². The van der Waals surface area contributed by atoms with E-state index in [0.717, 1.165) is 0 Å². The summed E-state index contributed by atoms with van der Waals surface area (Å²) in [6, 6.07) is 51.1. The summed E-state index contributed by atoms with van der Waals surface area (Å²) in [6.45, 7) is 1.27. The number of fused-ring (bicyclic) bond motifs is 2. The first kappa shape index (κ1) is 26.9. The topological polar surface area (TPSA) is 28.2 Å². The minimum absolute atomic E-state index is 0. The minimum Gasteiger partial charge on any atom is -0.653 e. The Labute approximate surface area is 241 Å². The Kier molecular flexibility index (Phi) is 8.88. The molecule has 0 aliphatic rings. The fraction of sp³-hybridized carbons (Fsp3) is 0.111. The van der Waals surface area contributed by atoms with E-state index >= 15 is 0 Å². The van der Waals surface area contributed by atoms with E-state index in [1.165, 1.54) is 43.8 Å². The summed E-state index contributed by atoms with van der Waals surface area (Å²) in [5.41, 5.74) is 4.85. The Morgan fingerprint density at radius 2 is 0.744 bits per heavy atom. The van der Waals surface area contributed by atoms with E-state index in [1.54, 1.807) is 0 Å². The van der Waals surface area contributed by atoms with Gasteiger partial charge in [-0.2, -0.15) is 0 Å². The molecule has 0 fully saturated rings. The van der Waals surface area contributed by atoms with E-state index in [1.807, 2.05) is 0 Å². The van der Waals surface area contributed by atoms with Crippen molar-refractivity contribution in [1.82, 2.24) is 0 Å². The molecule has 0 aliphatic carbocycles. The van der Waals surface area contributed by atoms with E-state index in [-0.39, 0.29) is 29.2 Å². The van der Waals surface area contributed by atoms with Crippen LogP contribution in [0.25, 0.3) is 32.2 Å². The maximum atomic E-state index is 5.37. The van der Waals surface area contributed by atoms with Crippen molar-refractivity contribution in [3.63, 3.8) is 0 Å². The predicted octanol–water partition coefficient (Wildman–Crippen LogP) is 9.92. The predicted molar refractivity (Wildman–Crippen MR) is 160 cm³/mol. The van der Waals surface area contributed by atoms with Gasteiger partial charge in [-0.05, 0) is 21.5 Å². The smallest absolute Gasteiger partial charge is 0.653 e. The molecule has 0 aromatic heterocycles. The molecule has 3 heteroatoms. The van der Waals surface area contributed by atoms with Crippen molar-refractivity contribution in [2.75, 3.05) is 0 Å². The Morgan fingerprint density at radius 3 is 1.18 bits per heavy atom. The van der Waals surface area contributed by atoms with Crippen molar-refractivity contribution in [2.45, 2.75) is 25.2 Å². The fourth-order valence-corrected chi connectivity index (χ4v) is 5.33. The molecule has 0 N–H and O–H groups in total. The van der Waals surface area contributed by atoms with E-state index in [2.05, 4.69) is 146 Å². The Morgan fingerprint density at radius 1 is 0.385 bits per heavy atom. The fourth-order valence-electron chi connectivity index (χ4n) is 5.33. The number of hydrogen-bond donors (Lipinski definition) is 0. The zero-order valence-corrected chi connectivity index (χ0v) is 22.6. The SMILES string of the molecule is [Cu+2].c1ccc([C@@H]([N-]Cc2cccc3ccccc23)[C@H]([N-]Cc2cccc3ccccc23)c2ccccc2)cc1. The van der Waals surface area contributed by atoms with Crippen molar-refractivity contribution < 1.29 is 17.1 Å². The molecule has 6 rings (SSSR count). The molecule has 0 aliphatic heterocycles. The summed E-state index contributed by atoms with van der Waals surface area (Å²) in [4.78, 5) is 0. The summed E-state index contributed by atoms with van der Waals surface area (Å²) < 4.78 is 0. The Balaban J connectivity index is 0.00000308. The molecule has 195 valence electrons. The van der Waals surface area contributed by atoms with Crippen LogP contribution in [0.3, 0.4) is 0 Å². The molecule has 0 bridgehead atoms. The van der Waals surface area contributed by atoms with Crippen LogP contribution in [0, 0.1) is 0 Å². The monoisotopic (exact) mass is 553 g/mol. The summed E-state index contributed by atoms with van der Waals surface area (Å²) in [7, 11) is 0. The molecule has 6 aromatic carbocycles. The molecule has 0 unspecified atom stereocenters. The summed E-state index contributed by atoms with van der Waals surface area (Å²) in [5, 5.41) is 15.8. The molecule has 0 saturated carbocycles. The van der Waals surface area contributed by atoms with Crippen LogP contribution in [-0.2, 0) is 30.2 Å². The second kappa shape index (κ2) is 12.9. The van der Waals surface area contributed by atoms with Crippen LogP contribution >= 0.6 is 0 Å². The van der Waals surface area contributed by atoms with Crippen LogP contribution in [0.5, 0.6) is 0 Å². The van der Waals surface area contributed by atoms with Gasteiger partial charge in [0.25, 0.3) is 0 Å². The molecule has 2 nitrogen and oxygen atoms in total. The number of rotatable bonds is 9. The first-order chi connectivity index (χ1) is 18.9. The van der Waals surface area contributed by atoms with Gasteiger partial charge in [-0.3, -0.25) is 0 Å². The standard InChI is InChI=1S/C36H30N2.Cu/c1-3-15-29(16-4-1)35(37-25-31-21-11-19-27-13-7-9-23-33(27)31)36(30-17-5-2-6-18-30)38-26-32-22-12-20-28-14-8-10-24-34(28)32;/h1-24,35-36H,25-26H2;/q-2;+2/t35-,36-;/m1./s1. The number of nitrogens with zero attached hydrogens (tertiary/aromatic N) is 2. The van der Waals surface area contributed by atoms with Crippen molar-refractivity contribution in [3.05, 3.63) is 178 Å². The first-order valence-corrected chi connectivity index (χ1v) is 13.2. The Bertz CT molecular complexity index is 1500. The maximum absolute atomic E-state index is 5.37. The van der Waals surface area contributed by atoms with Crippen molar-refractivity contribution >= 4 is 21.5 Å². The summed E-state index contributed by atoms with van der Waals surface area (Å²) in [6.07, 6.45) is 0. The maximum Gasteiger partial charge on any atom is 2.00 e. The number of hydrogen-bond acceptors (Lipinski definition) is 0. The van der Waals surface area contributed by atoms with Gasteiger partial charge in [0, 0.05) is 0 Å². The molecule has 0 heterocycles. The molecular formula is C36H30CuN2. The molecule has 0 amide bonds. The van der Waals surface area contributed by atoms with Gasteiger partial charge in [-0.1, -0.05) is 168 Å². The molecule has 6 aromatic rings. The van der Waals surface area contributed by atoms with E-state index in [9.17, 15) is 0 Å². The van der Waals surface area contributed by atoms with Gasteiger partial charge in [0.1, 0.15) is 0 Å². The van der Waals surface area contributed by atoms with Gasteiger partial charge in [0.05, 0.1) is 0 Å². The summed E-state index contributed by atoms with van der Waals surface area (Å²) in [5.74, 6) is 0. The van der Waals surface area contributed by atoms with Gasteiger partial charge in [0.2, 0.25) is 0 Å². The third-order valence-corrected chi connectivity index (χ3v) is 7.26.